The van der Waals surface area contributed by atoms with E-state index in [2.05, 4.69) is 17.0 Å². The van der Waals surface area contributed by atoms with Gasteiger partial charge in [0.05, 0.1) is 0 Å². The Labute approximate surface area is 140 Å². The number of hydrogen-bond donors (Lipinski definition) is 0. The summed E-state index contributed by atoms with van der Waals surface area (Å²) < 4.78 is 19.7. The number of rotatable bonds is 4. The first-order valence-electron chi connectivity index (χ1n) is 8.32. The molecule has 0 aliphatic carbocycles. The molecule has 122 valence electrons. The standard InChI is InChI=1S/C20H19FN2O/c21-17-8-2-1-6-16(17)14-24-18-9-5-7-15-10-11-19(22-20(15)18)23-12-3-4-13-23/h1-2,5-11H,3-4,12-14H2. The van der Waals surface area contributed by atoms with Crippen LogP contribution in [0, 0.1) is 5.82 Å². The van der Waals surface area contributed by atoms with E-state index in [0.29, 0.717) is 11.3 Å². The molecule has 0 atom stereocenters. The highest BCUT2D eigenvalue weighted by Gasteiger charge is 2.15. The molecule has 0 radical (unpaired) electrons. The molecule has 0 bridgehead atoms. The predicted octanol–water partition coefficient (Wildman–Crippen LogP) is 4.55. The minimum Gasteiger partial charge on any atom is -0.487 e. The molecular weight excluding hydrogens is 303 g/mol. The van der Waals surface area contributed by atoms with Gasteiger partial charge in [-0.3, -0.25) is 0 Å². The van der Waals surface area contributed by atoms with Gasteiger partial charge < -0.3 is 9.64 Å². The smallest absolute Gasteiger partial charge is 0.146 e. The number of nitrogens with zero attached hydrogens (tertiary/aromatic N) is 2. The SMILES string of the molecule is Fc1ccccc1COc1cccc2ccc(N3CCCC3)nc12. The first-order valence-corrected chi connectivity index (χ1v) is 8.32. The Morgan fingerprint density at radius 2 is 1.79 bits per heavy atom. The largest absolute Gasteiger partial charge is 0.487 e. The van der Waals surface area contributed by atoms with Gasteiger partial charge in [0.25, 0.3) is 0 Å². The molecule has 1 aliphatic rings. The quantitative estimate of drug-likeness (QED) is 0.704. The number of anilines is 1. The first kappa shape index (κ1) is 14.9. The van der Waals surface area contributed by atoms with Crippen molar-refractivity contribution in [3.05, 3.63) is 66.0 Å². The van der Waals surface area contributed by atoms with Crippen molar-refractivity contribution in [1.82, 2.24) is 4.98 Å². The van der Waals surface area contributed by atoms with Crippen LogP contribution < -0.4 is 9.64 Å². The zero-order valence-corrected chi connectivity index (χ0v) is 13.4. The second kappa shape index (κ2) is 6.48. The van der Waals surface area contributed by atoms with Crippen molar-refractivity contribution < 1.29 is 9.13 Å². The molecule has 1 saturated heterocycles. The number of ether oxygens (including phenoxy) is 1. The van der Waals surface area contributed by atoms with Gasteiger partial charge in [-0.1, -0.05) is 30.3 Å². The van der Waals surface area contributed by atoms with Gasteiger partial charge in [0.15, 0.2) is 0 Å². The molecule has 0 spiro atoms. The first-order chi connectivity index (χ1) is 11.8. The minimum atomic E-state index is -0.247. The third-order valence-electron chi connectivity index (χ3n) is 4.44. The average molecular weight is 322 g/mol. The van der Waals surface area contributed by atoms with Crippen LogP contribution in [0.5, 0.6) is 5.75 Å². The zero-order chi connectivity index (χ0) is 16.4. The van der Waals surface area contributed by atoms with E-state index in [1.165, 1.54) is 18.9 Å². The normalized spacial score (nSPS) is 14.3. The van der Waals surface area contributed by atoms with Crippen LogP contribution in [0.3, 0.4) is 0 Å². The van der Waals surface area contributed by atoms with E-state index in [4.69, 9.17) is 9.72 Å². The molecular formula is C20H19FN2O. The predicted molar refractivity (Wildman–Crippen MR) is 93.9 cm³/mol. The maximum atomic E-state index is 13.8. The average Bonchev–Trinajstić information content (AvgIpc) is 3.15. The number of pyridine rings is 1. The highest BCUT2D eigenvalue weighted by atomic mass is 19.1. The van der Waals surface area contributed by atoms with Gasteiger partial charge in [-0.25, -0.2) is 9.37 Å². The van der Waals surface area contributed by atoms with Crippen LogP contribution in [0.2, 0.25) is 0 Å². The number of fused-ring (bicyclic) bond motifs is 1. The Bertz CT molecular complexity index is 859. The number of halogens is 1. The van der Waals surface area contributed by atoms with Crippen molar-refractivity contribution in [2.75, 3.05) is 18.0 Å². The van der Waals surface area contributed by atoms with E-state index in [1.807, 2.05) is 24.3 Å². The molecule has 3 nitrogen and oxygen atoms in total. The second-order valence-corrected chi connectivity index (χ2v) is 6.07. The van der Waals surface area contributed by atoms with E-state index in [0.717, 1.165) is 29.8 Å². The van der Waals surface area contributed by atoms with Gasteiger partial charge in [0.1, 0.15) is 29.5 Å². The lowest BCUT2D eigenvalue weighted by molar-refractivity contribution is 0.303. The molecule has 0 saturated carbocycles. The third kappa shape index (κ3) is 2.92. The van der Waals surface area contributed by atoms with Crippen molar-refractivity contribution in [2.24, 2.45) is 0 Å². The van der Waals surface area contributed by atoms with Gasteiger partial charge in [0, 0.05) is 24.0 Å². The summed E-state index contributed by atoms with van der Waals surface area (Å²) in [4.78, 5) is 7.10. The fourth-order valence-corrected chi connectivity index (χ4v) is 3.12. The number of aromatic nitrogens is 1. The van der Waals surface area contributed by atoms with Crippen molar-refractivity contribution in [3.8, 4) is 5.75 Å². The van der Waals surface area contributed by atoms with Crippen LogP contribution in [-0.4, -0.2) is 18.1 Å². The minimum absolute atomic E-state index is 0.196. The lowest BCUT2D eigenvalue weighted by Crippen LogP contribution is -2.18. The van der Waals surface area contributed by atoms with E-state index in [-0.39, 0.29) is 12.4 Å². The monoisotopic (exact) mass is 322 g/mol. The molecule has 2 aromatic carbocycles. The summed E-state index contributed by atoms with van der Waals surface area (Å²) in [5.74, 6) is 1.43. The molecule has 1 aliphatic heterocycles. The van der Waals surface area contributed by atoms with Crippen LogP contribution in [0.4, 0.5) is 10.2 Å². The highest BCUT2D eigenvalue weighted by Crippen LogP contribution is 2.28. The van der Waals surface area contributed by atoms with Crippen molar-refractivity contribution in [2.45, 2.75) is 19.4 Å². The summed E-state index contributed by atoms with van der Waals surface area (Å²) >= 11 is 0. The highest BCUT2D eigenvalue weighted by molar-refractivity contribution is 5.86. The topological polar surface area (TPSA) is 25.4 Å². The summed E-state index contributed by atoms with van der Waals surface area (Å²) in [5.41, 5.74) is 1.38. The number of benzene rings is 2. The van der Waals surface area contributed by atoms with E-state index in [1.54, 1.807) is 12.1 Å². The van der Waals surface area contributed by atoms with E-state index < -0.39 is 0 Å². The molecule has 2 heterocycles. The molecule has 1 aromatic heterocycles. The van der Waals surface area contributed by atoms with Crippen LogP contribution in [0.25, 0.3) is 10.9 Å². The lowest BCUT2D eigenvalue weighted by atomic mass is 10.2. The Morgan fingerprint density at radius 1 is 0.958 bits per heavy atom. The fourth-order valence-electron chi connectivity index (χ4n) is 3.12. The third-order valence-corrected chi connectivity index (χ3v) is 4.44. The Morgan fingerprint density at radius 3 is 2.62 bits per heavy atom. The number of para-hydroxylation sites is 1. The summed E-state index contributed by atoms with van der Waals surface area (Å²) in [6.45, 7) is 2.30. The summed E-state index contributed by atoms with van der Waals surface area (Å²) in [6, 6.07) is 16.7. The molecule has 0 unspecified atom stereocenters. The van der Waals surface area contributed by atoms with Crippen LogP contribution >= 0.6 is 0 Å². The maximum absolute atomic E-state index is 13.8. The van der Waals surface area contributed by atoms with Gasteiger partial charge >= 0.3 is 0 Å². The van der Waals surface area contributed by atoms with E-state index >= 15 is 0 Å². The van der Waals surface area contributed by atoms with Crippen molar-refractivity contribution in [1.29, 1.82) is 0 Å². The van der Waals surface area contributed by atoms with E-state index in [9.17, 15) is 4.39 Å². The van der Waals surface area contributed by atoms with Crippen molar-refractivity contribution in [3.63, 3.8) is 0 Å². The summed E-state index contributed by atoms with van der Waals surface area (Å²) in [6.07, 6.45) is 2.43. The molecule has 0 amide bonds. The Balaban J connectivity index is 1.64. The summed E-state index contributed by atoms with van der Waals surface area (Å²) in [7, 11) is 0. The van der Waals surface area contributed by atoms with Crippen molar-refractivity contribution >= 4 is 16.7 Å². The van der Waals surface area contributed by atoms with Crippen LogP contribution in [0.15, 0.2) is 54.6 Å². The van der Waals surface area contributed by atoms with Gasteiger partial charge in [-0.05, 0) is 37.1 Å². The van der Waals surface area contributed by atoms with Crippen LogP contribution in [0.1, 0.15) is 18.4 Å². The Hall–Kier alpha value is -2.62. The van der Waals surface area contributed by atoms with Crippen LogP contribution in [-0.2, 0) is 6.61 Å². The van der Waals surface area contributed by atoms with Gasteiger partial charge in [-0.15, -0.1) is 0 Å². The molecule has 0 N–H and O–H groups in total. The molecule has 1 fully saturated rings. The zero-order valence-electron chi connectivity index (χ0n) is 13.4. The maximum Gasteiger partial charge on any atom is 0.146 e. The molecule has 4 rings (SSSR count). The number of hydrogen-bond acceptors (Lipinski definition) is 3. The molecule has 24 heavy (non-hydrogen) atoms. The fraction of sp³-hybridized carbons (Fsp3) is 0.250. The summed E-state index contributed by atoms with van der Waals surface area (Å²) in [5, 5.41) is 1.03. The van der Waals surface area contributed by atoms with Gasteiger partial charge in [-0.2, -0.15) is 0 Å². The molecule has 3 aromatic rings. The van der Waals surface area contributed by atoms with Gasteiger partial charge in [0.2, 0.25) is 0 Å². The molecule has 4 heteroatoms. The second-order valence-electron chi connectivity index (χ2n) is 6.07. The lowest BCUT2D eigenvalue weighted by Gasteiger charge is -2.17. The Kier molecular flexibility index (Phi) is 4.03.